The molecule has 0 aliphatic carbocycles. The summed E-state index contributed by atoms with van der Waals surface area (Å²) in [5.74, 6) is 0.387. The van der Waals surface area contributed by atoms with E-state index >= 15 is 0 Å². The Morgan fingerprint density at radius 2 is 2.11 bits per heavy atom. The van der Waals surface area contributed by atoms with Crippen LogP contribution in [0.2, 0.25) is 0 Å². The number of nitriles is 1. The Bertz CT molecular complexity index is 620. The highest BCUT2D eigenvalue weighted by molar-refractivity contribution is 5.59. The third-order valence-corrected chi connectivity index (χ3v) is 2.92. The Morgan fingerprint density at radius 1 is 1.39 bits per heavy atom. The Labute approximate surface area is 105 Å². The SMILES string of the molecule is Cc1cc(-c2cnc(C(C)(C)C#N)[nH]2)ccc1F. The third kappa shape index (κ3) is 2.12. The third-order valence-electron chi connectivity index (χ3n) is 2.92. The number of H-pyrrole nitrogens is 1. The molecule has 18 heavy (non-hydrogen) atoms. The smallest absolute Gasteiger partial charge is 0.126 e. The van der Waals surface area contributed by atoms with Crippen LogP contribution in [0.1, 0.15) is 25.2 Å². The minimum Gasteiger partial charge on any atom is -0.341 e. The van der Waals surface area contributed by atoms with Crippen LogP contribution in [0.15, 0.2) is 24.4 Å². The number of benzene rings is 1. The molecular formula is C14H14FN3. The molecule has 0 saturated carbocycles. The number of rotatable bonds is 2. The number of nitrogens with zero attached hydrogens (tertiary/aromatic N) is 2. The first-order valence-corrected chi connectivity index (χ1v) is 5.67. The fourth-order valence-electron chi connectivity index (χ4n) is 1.65. The van der Waals surface area contributed by atoms with E-state index in [0.717, 1.165) is 11.3 Å². The van der Waals surface area contributed by atoms with Gasteiger partial charge in [-0.15, -0.1) is 0 Å². The van der Waals surface area contributed by atoms with Crippen LogP contribution >= 0.6 is 0 Å². The lowest BCUT2D eigenvalue weighted by atomic mass is 9.95. The molecule has 2 aromatic rings. The normalized spacial score (nSPS) is 11.3. The minimum absolute atomic E-state index is 0.226. The molecule has 0 fully saturated rings. The van der Waals surface area contributed by atoms with Gasteiger partial charge in [-0.2, -0.15) is 5.26 Å². The Kier molecular flexibility index (Phi) is 2.92. The van der Waals surface area contributed by atoms with Crippen LogP contribution in [-0.4, -0.2) is 9.97 Å². The zero-order valence-electron chi connectivity index (χ0n) is 10.6. The van der Waals surface area contributed by atoms with Crippen molar-refractivity contribution in [3.05, 3.63) is 41.6 Å². The van der Waals surface area contributed by atoms with Gasteiger partial charge in [-0.25, -0.2) is 9.37 Å². The maximum absolute atomic E-state index is 13.2. The predicted molar refractivity (Wildman–Crippen MR) is 67.4 cm³/mol. The van der Waals surface area contributed by atoms with E-state index in [1.165, 1.54) is 6.07 Å². The molecular weight excluding hydrogens is 229 g/mol. The Morgan fingerprint density at radius 3 is 2.72 bits per heavy atom. The van der Waals surface area contributed by atoms with Gasteiger partial charge in [-0.05, 0) is 44.5 Å². The molecule has 0 radical (unpaired) electrons. The number of aryl methyl sites for hydroxylation is 1. The van der Waals surface area contributed by atoms with Crippen LogP contribution in [0, 0.1) is 24.1 Å². The number of aromatic amines is 1. The number of aromatic nitrogens is 2. The van der Waals surface area contributed by atoms with Gasteiger partial charge in [-0.3, -0.25) is 0 Å². The van der Waals surface area contributed by atoms with Crippen LogP contribution in [0.4, 0.5) is 4.39 Å². The van der Waals surface area contributed by atoms with Crippen molar-refractivity contribution in [3.63, 3.8) is 0 Å². The van der Waals surface area contributed by atoms with E-state index in [-0.39, 0.29) is 5.82 Å². The van der Waals surface area contributed by atoms with E-state index in [9.17, 15) is 4.39 Å². The fourth-order valence-corrected chi connectivity index (χ4v) is 1.65. The first-order chi connectivity index (χ1) is 8.44. The van der Waals surface area contributed by atoms with Crippen molar-refractivity contribution in [2.75, 3.05) is 0 Å². The van der Waals surface area contributed by atoms with Gasteiger partial charge in [0.15, 0.2) is 0 Å². The summed E-state index contributed by atoms with van der Waals surface area (Å²) in [6, 6.07) is 7.07. The standard InChI is InChI=1S/C14H14FN3/c1-9-6-10(4-5-11(9)15)12-7-17-13(18-12)14(2,3)8-16/h4-7H,1-3H3,(H,17,18). The molecule has 1 N–H and O–H groups in total. The monoisotopic (exact) mass is 243 g/mol. The summed E-state index contributed by atoms with van der Waals surface area (Å²) in [7, 11) is 0. The van der Waals surface area contributed by atoms with Gasteiger partial charge in [0.1, 0.15) is 17.1 Å². The van der Waals surface area contributed by atoms with Crippen molar-refractivity contribution in [1.82, 2.24) is 9.97 Å². The van der Waals surface area contributed by atoms with Gasteiger partial charge >= 0.3 is 0 Å². The summed E-state index contributed by atoms with van der Waals surface area (Å²) < 4.78 is 13.2. The minimum atomic E-state index is -0.659. The second-order valence-corrected chi connectivity index (χ2v) is 4.85. The van der Waals surface area contributed by atoms with E-state index < -0.39 is 5.41 Å². The molecule has 2 rings (SSSR count). The topological polar surface area (TPSA) is 52.5 Å². The lowest BCUT2D eigenvalue weighted by Crippen LogP contribution is -2.15. The molecule has 0 spiro atoms. The summed E-state index contributed by atoms with van der Waals surface area (Å²) in [6.45, 7) is 5.31. The number of halogens is 1. The quantitative estimate of drug-likeness (QED) is 0.879. The zero-order chi connectivity index (χ0) is 13.3. The average molecular weight is 243 g/mol. The van der Waals surface area contributed by atoms with Crippen molar-refractivity contribution in [2.24, 2.45) is 0 Å². The van der Waals surface area contributed by atoms with Crippen LogP contribution < -0.4 is 0 Å². The fraction of sp³-hybridized carbons (Fsp3) is 0.286. The van der Waals surface area contributed by atoms with Crippen molar-refractivity contribution in [3.8, 4) is 17.3 Å². The molecule has 1 heterocycles. The van der Waals surface area contributed by atoms with Crippen LogP contribution in [0.25, 0.3) is 11.3 Å². The average Bonchev–Trinajstić information content (AvgIpc) is 2.83. The van der Waals surface area contributed by atoms with E-state index in [0.29, 0.717) is 11.4 Å². The molecule has 4 heteroatoms. The van der Waals surface area contributed by atoms with Crippen LogP contribution in [0.3, 0.4) is 0 Å². The van der Waals surface area contributed by atoms with E-state index in [2.05, 4.69) is 16.0 Å². The highest BCUT2D eigenvalue weighted by Crippen LogP contribution is 2.24. The molecule has 0 unspecified atom stereocenters. The number of nitrogens with one attached hydrogen (secondary N) is 1. The highest BCUT2D eigenvalue weighted by atomic mass is 19.1. The predicted octanol–water partition coefficient (Wildman–Crippen LogP) is 3.33. The van der Waals surface area contributed by atoms with Gasteiger partial charge in [-0.1, -0.05) is 0 Å². The molecule has 92 valence electrons. The molecule has 0 amide bonds. The van der Waals surface area contributed by atoms with Gasteiger partial charge in [0.2, 0.25) is 0 Å². The second-order valence-electron chi connectivity index (χ2n) is 4.85. The number of imidazole rings is 1. The van der Waals surface area contributed by atoms with Crippen molar-refractivity contribution >= 4 is 0 Å². The summed E-state index contributed by atoms with van der Waals surface area (Å²) in [4.78, 5) is 7.33. The number of hydrogen-bond acceptors (Lipinski definition) is 2. The van der Waals surface area contributed by atoms with E-state index in [1.807, 2.05) is 0 Å². The van der Waals surface area contributed by atoms with Crippen LogP contribution in [0.5, 0.6) is 0 Å². The molecule has 1 aromatic heterocycles. The van der Waals surface area contributed by atoms with E-state index in [1.54, 1.807) is 39.1 Å². The molecule has 0 bridgehead atoms. The molecule has 0 atom stereocenters. The van der Waals surface area contributed by atoms with Gasteiger partial charge in [0, 0.05) is 5.56 Å². The molecule has 1 aromatic carbocycles. The van der Waals surface area contributed by atoms with Crippen LogP contribution in [-0.2, 0) is 5.41 Å². The van der Waals surface area contributed by atoms with Crippen molar-refractivity contribution in [2.45, 2.75) is 26.2 Å². The largest absolute Gasteiger partial charge is 0.341 e. The lowest BCUT2D eigenvalue weighted by Gasteiger charge is -2.10. The first-order valence-electron chi connectivity index (χ1n) is 5.67. The van der Waals surface area contributed by atoms with E-state index in [4.69, 9.17) is 5.26 Å². The molecule has 3 nitrogen and oxygen atoms in total. The number of hydrogen-bond donors (Lipinski definition) is 1. The highest BCUT2D eigenvalue weighted by Gasteiger charge is 2.23. The summed E-state index contributed by atoms with van der Waals surface area (Å²) in [5.41, 5.74) is 1.58. The Hall–Kier alpha value is -2.15. The van der Waals surface area contributed by atoms with Crippen molar-refractivity contribution < 1.29 is 4.39 Å². The lowest BCUT2D eigenvalue weighted by molar-refractivity contribution is 0.618. The van der Waals surface area contributed by atoms with Crippen molar-refractivity contribution in [1.29, 1.82) is 5.26 Å². The molecule has 0 aliphatic rings. The zero-order valence-corrected chi connectivity index (χ0v) is 10.6. The maximum atomic E-state index is 13.2. The molecule has 0 saturated heterocycles. The second kappa shape index (κ2) is 4.26. The maximum Gasteiger partial charge on any atom is 0.126 e. The van der Waals surface area contributed by atoms with Gasteiger partial charge < -0.3 is 4.98 Å². The summed E-state index contributed by atoms with van der Waals surface area (Å²) >= 11 is 0. The van der Waals surface area contributed by atoms with Gasteiger partial charge in [0.25, 0.3) is 0 Å². The molecule has 0 aliphatic heterocycles. The summed E-state index contributed by atoms with van der Waals surface area (Å²) in [5, 5.41) is 9.05. The first kappa shape index (κ1) is 12.3. The summed E-state index contributed by atoms with van der Waals surface area (Å²) in [6.07, 6.45) is 1.67. The van der Waals surface area contributed by atoms with Gasteiger partial charge in [0.05, 0.1) is 18.0 Å². The Balaban J connectivity index is 2.42.